The molecule has 2 aromatic rings. The molecular weight excluding hydrogens is 469 g/mol. The van der Waals surface area contributed by atoms with Crippen molar-refractivity contribution in [1.29, 1.82) is 0 Å². The van der Waals surface area contributed by atoms with E-state index in [2.05, 4.69) is 5.10 Å². The third kappa shape index (κ3) is 3.69. The van der Waals surface area contributed by atoms with E-state index >= 15 is 0 Å². The van der Waals surface area contributed by atoms with E-state index in [1.54, 1.807) is 24.3 Å². The molecule has 1 saturated heterocycles. The van der Waals surface area contributed by atoms with Crippen LogP contribution in [0.4, 0.5) is 5.69 Å². The minimum absolute atomic E-state index is 0.0432. The SMILES string of the molecule is O=C1[C@@H]2[C@H](C(=O)N1N=Cc1cccc([N+](=O)[O-])c1OCc1ccc(Cl)cc1Cl)[C@H]1C=C[C@H]2C1. The van der Waals surface area contributed by atoms with Crippen LogP contribution in [0, 0.1) is 33.8 Å². The largest absolute Gasteiger partial charge is 0.481 e. The van der Waals surface area contributed by atoms with Crippen LogP contribution in [0.15, 0.2) is 53.7 Å². The summed E-state index contributed by atoms with van der Waals surface area (Å²) >= 11 is 12.1. The summed E-state index contributed by atoms with van der Waals surface area (Å²) in [5.74, 6) is -1.33. The van der Waals surface area contributed by atoms with Gasteiger partial charge in [-0.05, 0) is 36.5 Å². The molecule has 2 bridgehead atoms. The Morgan fingerprint density at radius 2 is 1.82 bits per heavy atom. The third-order valence-corrected chi connectivity index (χ3v) is 6.95. The molecular formula is C23H17Cl2N3O5. The van der Waals surface area contributed by atoms with Crippen LogP contribution in [0.1, 0.15) is 17.5 Å². The maximum Gasteiger partial charge on any atom is 0.311 e. The smallest absolute Gasteiger partial charge is 0.311 e. The highest BCUT2D eigenvalue weighted by molar-refractivity contribution is 6.35. The van der Waals surface area contributed by atoms with Crippen LogP contribution in [-0.4, -0.2) is 28.0 Å². The maximum atomic E-state index is 12.8. The Morgan fingerprint density at radius 3 is 2.45 bits per heavy atom. The molecule has 1 heterocycles. The van der Waals surface area contributed by atoms with Gasteiger partial charge >= 0.3 is 5.69 Å². The molecule has 1 saturated carbocycles. The number of halogens is 2. The normalized spacial score (nSPS) is 25.3. The van der Waals surface area contributed by atoms with Crippen molar-refractivity contribution >= 4 is 46.9 Å². The molecule has 0 radical (unpaired) electrons. The quantitative estimate of drug-likeness (QED) is 0.195. The number of para-hydroxylation sites is 1. The van der Waals surface area contributed by atoms with E-state index in [1.807, 2.05) is 12.2 Å². The summed E-state index contributed by atoms with van der Waals surface area (Å²) in [4.78, 5) is 36.7. The highest BCUT2D eigenvalue weighted by Crippen LogP contribution is 2.52. The third-order valence-electron chi connectivity index (χ3n) is 6.37. The molecule has 4 atom stereocenters. The summed E-state index contributed by atoms with van der Waals surface area (Å²) in [6.45, 7) is -0.0531. The molecule has 33 heavy (non-hydrogen) atoms. The maximum absolute atomic E-state index is 12.8. The second-order valence-corrected chi connectivity index (χ2v) is 9.05. The van der Waals surface area contributed by atoms with Gasteiger partial charge in [-0.25, -0.2) is 0 Å². The fourth-order valence-corrected chi connectivity index (χ4v) is 5.32. The summed E-state index contributed by atoms with van der Waals surface area (Å²) in [6, 6.07) is 9.19. The molecule has 2 fully saturated rings. The van der Waals surface area contributed by atoms with Crippen LogP contribution in [0.25, 0.3) is 0 Å². The zero-order valence-corrected chi connectivity index (χ0v) is 18.6. The lowest BCUT2D eigenvalue weighted by atomic mass is 9.85. The molecule has 8 nitrogen and oxygen atoms in total. The van der Waals surface area contributed by atoms with Crippen molar-refractivity contribution in [3.8, 4) is 5.75 Å². The number of carbonyl (C=O) groups excluding carboxylic acids is 2. The Labute approximate surface area is 198 Å². The number of hydrazone groups is 1. The summed E-state index contributed by atoms with van der Waals surface area (Å²) in [5.41, 5.74) is 0.568. The van der Waals surface area contributed by atoms with Crippen molar-refractivity contribution in [2.45, 2.75) is 13.0 Å². The summed E-state index contributed by atoms with van der Waals surface area (Å²) in [6.07, 6.45) is 6.07. The number of ether oxygens (including phenoxy) is 1. The van der Waals surface area contributed by atoms with E-state index in [1.165, 1.54) is 18.3 Å². The molecule has 0 spiro atoms. The Balaban J connectivity index is 1.42. The van der Waals surface area contributed by atoms with Crippen LogP contribution in [0.2, 0.25) is 10.0 Å². The Morgan fingerprint density at radius 1 is 1.12 bits per heavy atom. The molecule has 3 aliphatic rings. The summed E-state index contributed by atoms with van der Waals surface area (Å²) < 4.78 is 5.77. The Bertz CT molecular complexity index is 1210. The van der Waals surface area contributed by atoms with Gasteiger partial charge in [0.25, 0.3) is 11.8 Å². The molecule has 0 N–H and O–H groups in total. The first-order valence-corrected chi connectivity index (χ1v) is 11.0. The second kappa shape index (κ2) is 8.28. The Kier molecular flexibility index (Phi) is 5.42. The first kappa shape index (κ1) is 21.6. The molecule has 5 rings (SSSR count). The lowest BCUT2D eigenvalue weighted by Crippen LogP contribution is -2.28. The topological polar surface area (TPSA) is 102 Å². The van der Waals surface area contributed by atoms with Crippen LogP contribution in [0.3, 0.4) is 0 Å². The van der Waals surface area contributed by atoms with Crippen LogP contribution in [-0.2, 0) is 16.2 Å². The number of rotatable bonds is 6. The number of nitrogens with zero attached hydrogens (tertiary/aromatic N) is 3. The molecule has 2 aromatic carbocycles. The number of imide groups is 1. The number of hydrogen-bond acceptors (Lipinski definition) is 6. The highest BCUT2D eigenvalue weighted by Gasteiger charge is 2.59. The molecule has 2 aliphatic carbocycles. The first-order valence-electron chi connectivity index (χ1n) is 10.3. The number of benzene rings is 2. The number of nitro benzene ring substituents is 1. The number of allylic oxidation sites excluding steroid dienone is 2. The average molecular weight is 486 g/mol. The van der Waals surface area contributed by atoms with E-state index in [0.717, 1.165) is 11.4 Å². The molecule has 0 unspecified atom stereocenters. The number of hydrogen-bond donors (Lipinski definition) is 0. The summed E-state index contributed by atoms with van der Waals surface area (Å²) in [5, 5.41) is 17.4. The van der Waals surface area contributed by atoms with Crippen molar-refractivity contribution in [3.63, 3.8) is 0 Å². The van der Waals surface area contributed by atoms with E-state index in [4.69, 9.17) is 27.9 Å². The van der Waals surface area contributed by atoms with Gasteiger partial charge in [0.15, 0.2) is 0 Å². The van der Waals surface area contributed by atoms with E-state index in [0.29, 0.717) is 15.6 Å². The Hall–Kier alpha value is -3.23. The van der Waals surface area contributed by atoms with Crippen molar-refractivity contribution in [1.82, 2.24) is 5.01 Å². The zero-order valence-electron chi connectivity index (χ0n) is 17.1. The van der Waals surface area contributed by atoms with Gasteiger partial charge in [0.05, 0.1) is 23.0 Å². The van der Waals surface area contributed by atoms with Crippen LogP contribution >= 0.6 is 23.2 Å². The van der Waals surface area contributed by atoms with Gasteiger partial charge in [-0.1, -0.05) is 47.5 Å². The van der Waals surface area contributed by atoms with Gasteiger partial charge in [-0.15, -0.1) is 0 Å². The van der Waals surface area contributed by atoms with Gasteiger partial charge in [0.2, 0.25) is 5.75 Å². The van der Waals surface area contributed by atoms with Crippen molar-refractivity contribution in [2.24, 2.45) is 28.8 Å². The predicted molar refractivity (Wildman–Crippen MR) is 121 cm³/mol. The van der Waals surface area contributed by atoms with Crippen molar-refractivity contribution in [2.75, 3.05) is 0 Å². The van der Waals surface area contributed by atoms with E-state index in [9.17, 15) is 19.7 Å². The minimum Gasteiger partial charge on any atom is -0.481 e. The first-order chi connectivity index (χ1) is 15.8. The average Bonchev–Trinajstić information content (AvgIpc) is 3.46. The molecule has 2 amide bonds. The predicted octanol–water partition coefficient (Wildman–Crippen LogP) is 4.62. The number of nitro groups is 1. The van der Waals surface area contributed by atoms with Crippen molar-refractivity contribution in [3.05, 3.63) is 79.8 Å². The molecule has 0 aromatic heterocycles. The van der Waals surface area contributed by atoms with Crippen LogP contribution in [0.5, 0.6) is 5.75 Å². The lowest BCUT2D eigenvalue weighted by Gasteiger charge is -2.13. The standard InChI is InChI=1S/C23H17Cl2N3O5/c24-16-7-6-15(17(25)9-16)11-33-21-14(2-1-3-18(21)28(31)32)10-26-27-22(29)19-12-4-5-13(8-12)20(19)23(27)30/h1-7,9-10,12-13,19-20H,8,11H2/t12-,13-,19-,20+/m0/s1. The van der Waals surface area contributed by atoms with E-state index in [-0.39, 0.29) is 59.1 Å². The summed E-state index contributed by atoms with van der Waals surface area (Å²) in [7, 11) is 0. The van der Waals surface area contributed by atoms with Crippen molar-refractivity contribution < 1.29 is 19.2 Å². The molecule has 168 valence electrons. The number of fused-ring (bicyclic) bond motifs is 5. The van der Waals surface area contributed by atoms with Gasteiger partial charge < -0.3 is 4.74 Å². The lowest BCUT2D eigenvalue weighted by molar-refractivity contribution is -0.385. The van der Waals surface area contributed by atoms with E-state index < -0.39 is 4.92 Å². The second-order valence-electron chi connectivity index (χ2n) is 8.21. The fraction of sp³-hybridized carbons (Fsp3) is 0.261. The monoisotopic (exact) mass is 485 g/mol. The van der Waals surface area contributed by atoms with Gasteiger partial charge in [-0.3, -0.25) is 19.7 Å². The minimum atomic E-state index is -0.573. The zero-order chi connectivity index (χ0) is 23.3. The fourth-order valence-electron chi connectivity index (χ4n) is 4.85. The van der Waals surface area contributed by atoms with Gasteiger partial charge in [-0.2, -0.15) is 10.1 Å². The number of carbonyl (C=O) groups is 2. The molecule has 1 aliphatic heterocycles. The molecule has 10 heteroatoms. The number of amides is 2. The van der Waals surface area contributed by atoms with Gasteiger partial charge in [0, 0.05) is 27.2 Å². The van der Waals surface area contributed by atoms with Gasteiger partial charge in [0.1, 0.15) is 6.61 Å². The highest BCUT2D eigenvalue weighted by atomic mass is 35.5. The van der Waals surface area contributed by atoms with Crippen LogP contribution < -0.4 is 4.74 Å².